The molecule has 0 aliphatic heterocycles. The van der Waals surface area contributed by atoms with Gasteiger partial charge >= 0.3 is 0 Å². The molecule has 0 unspecified atom stereocenters. The normalized spacial score (nSPS) is 16.4. The Labute approximate surface area is 104 Å². The first-order valence-corrected chi connectivity index (χ1v) is 6.54. The number of aromatic nitrogens is 2. The summed E-state index contributed by atoms with van der Waals surface area (Å²) in [6.45, 7) is 9.41. The minimum Gasteiger partial charge on any atom is -0.311 e. The molecule has 4 heteroatoms. The van der Waals surface area contributed by atoms with E-state index in [-0.39, 0.29) is 5.54 Å². The van der Waals surface area contributed by atoms with Crippen LogP contribution < -0.4 is 10.6 Å². The highest BCUT2D eigenvalue weighted by atomic mass is 15.1. The van der Waals surface area contributed by atoms with Crippen LogP contribution in [-0.4, -0.2) is 28.8 Å². The molecule has 1 heterocycles. The van der Waals surface area contributed by atoms with E-state index < -0.39 is 0 Å². The fourth-order valence-electron chi connectivity index (χ4n) is 1.81. The second-order valence-corrected chi connectivity index (χ2v) is 5.95. The summed E-state index contributed by atoms with van der Waals surface area (Å²) in [5, 5.41) is 14.3. The highest BCUT2D eigenvalue weighted by molar-refractivity contribution is 5.17. The predicted molar refractivity (Wildman–Crippen MR) is 70.0 cm³/mol. The lowest BCUT2D eigenvalue weighted by atomic mass is 10.1. The van der Waals surface area contributed by atoms with Crippen LogP contribution >= 0.6 is 0 Å². The third-order valence-electron chi connectivity index (χ3n) is 2.92. The maximum Gasteiger partial charge on any atom is 0.0656 e. The Kier molecular flexibility index (Phi) is 3.84. The lowest BCUT2D eigenvalue weighted by Gasteiger charge is -2.20. The minimum absolute atomic E-state index is 0.203. The number of nitrogens with one attached hydrogen (secondary N) is 3. The van der Waals surface area contributed by atoms with Crippen LogP contribution in [0.5, 0.6) is 0 Å². The Morgan fingerprint density at radius 1 is 1.35 bits per heavy atom. The average molecular weight is 236 g/mol. The largest absolute Gasteiger partial charge is 0.311 e. The van der Waals surface area contributed by atoms with E-state index in [1.165, 1.54) is 24.2 Å². The topological polar surface area (TPSA) is 52.7 Å². The molecule has 1 saturated carbocycles. The molecule has 0 saturated heterocycles. The first kappa shape index (κ1) is 12.6. The summed E-state index contributed by atoms with van der Waals surface area (Å²) in [4.78, 5) is 0. The summed E-state index contributed by atoms with van der Waals surface area (Å²) in [7, 11) is 0. The highest BCUT2D eigenvalue weighted by Gasteiger charge is 2.25. The van der Waals surface area contributed by atoms with Crippen LogP contribution in [0.4, 0.5) is 0 Å². The highest BCUT2D eigenvalue weighted by Crippen LogP contribution is 2.38. The van der Waals surface area contributed by atoms with Gasteiger partial charge in [0.2, 0.25) is 0 Å². The minimum atomic E-state index is 0.203. The molecule has 0 bridgehead atoms. The molecule has 1 aliphatic carbocycles. The summed E-state index contributed by atoms with van der Waals surface area (Å²) >= 11 is 0. The summed E-state index contributed by atoms with van der Waals surface area (Å²) in [6, 6.07) is 2.20. The van der Waals surface area contributed by atoms with E-state index in [1.807, 2.05) is 0 Å². The van der Waals surface area contributed by atoms with Crippen molar-refractivity contribution in [2.45, 2.75) is 51.6 Å². The molecule has 0 spiro atoms. The van der Waals surface area contributed by atoms with Crippen molar-refractivity contribution >= 4 is 0 Å². The van der Waals surface area contributed by atoms with Gasteiger partial charge in [0.05, 0.1) is 5.69 Å². The van der Waals surface area contributed by atoms with Crippen LogP contribution in [0.1, 0.15) is 50.9 Å². The number of nitrogens with zero attached hydrogens (tertiary/aromatic N) is 1. The van der Waals surface area contributed by atoms with Crippen molar-refractivity contribution in [3.05, 3.63) is 17.5 Å². The molecular weight excluding hydrogens is 212 g/mol. The van der Waals surface area contributed by atoms with Gasteiger partial charge in [-0.3, -0.25) is 5.10 Å². The van der Waals surface area contributed by atoms with Gasteiger partial charge in [-0.1, -0.05) is 0 Å². The van der Waals surface area contributed by atoms with Crippen molar-refractivity contribution in [2.75, 3.05) is 13.1 Å². The van der Waals surface area contributed by atoms with Crippen molar-refractivity contribution in [3.63, 3.8) is 0 Å². The SMILES string of the molecule is CC(C)(C)NCCNCc1cc(C2CC2)n[nH]1. The lowest BCUT2D eigenvalue weighted by molar-refractivity contribution is 0.421. The van der Waals surface area contributed by atoms with Gasteiger partial charge in [0.1, 0.15) is 0 Å². The summed E-state index contributed by atoms with van der Waals surface area (Å²) < 4.78 is 0. The number of hydrogen-bond donors (Lipinski definition) is 3. The first-order chi connectivity index (χ1) is 8.04. The van der Waals surface area contributed by atoms with Crippen molar-refractivity contribution in [1.82, 2.24) is 20.8 Å². The van der Waals surface area contributed by atoms with Crippen molar-refractivity contribution < 1.29 is 0 Å². The van der Waals surface area contributed by atoms with Crippen LogP contribution in [-0.2, 0) is 6.54 Å². The second-order valence-electron chi connectivity index (χ2n) is 5.95. The summed E-state index contributed by atoms with van der Waals surface area (Å²) in [5.41, 5.74) is 2.65. The van der Waals surface area contributed by atoms with E-state index in [1.54, 1.807) is 0 Å². The van der Waals surface area contributed by atoms with Gasteiger partial charge < -0.3 is 10.6 Å². The molecule has 17 heavy (non-hydrogen) atoms. The first-order valence-electron chi connectivity index (χ1n) is 6.54. The van der Waals surface area contributed by atoms with Crippen LogP contribution in [0.15, 0.2) is 6.07 Å². The molecule has 1 aliphatic rings. The zero-order valence-corrected chi connectivity index (χ0v) is 11.1. The quantitative estimate of drug-likeness (QED) is 0.660. The molecule has 0 amide bonds. The zero-order valence-electron chi connectivity index (χ0n) is 11.1. The van der Waals surface area contributed by atoms with E-state index in [2.05, 4.69) is 47.7 Å². The molecule has 0 radical (unpaired) electrons. The second kappa shape index (κ2) is 5.19. The molecule has 0 aromatic carbocycles. The van der Waals surface area contributed by atoms with E-state index in [0.717, 1.165) is 25.6 Å². The molecule has 3 N–H and O–H groups in total. The zero-order chi connectivity index (χ0) is 12.3. The van der Waals surface area contributed by atoms with Crippen LogP contribution in [0.3, 0.4) is 0 Å². The Morgan fingerprint density at radius 2 is 2.12 bits per heavy atom. The molecule has 2 rings (SSSR count). The summed E-state index contributed by atoms with van der Waals surface area (Å²) in [5.74, 6) is 0.738. The maximum absolute atomic E-state index is 4.34. The third kappa shape index (κ3) is 4.48. The van der Waals surface area contributed by atoms with Crippen molar-refractivity contribution in [1.29, 1.82) is 0 Å². The fourth-order valence-corrected chi connectivity index (χ4v) is 1.81. The van der Waals surface area contributed by atoms with Crippen molar-refractivity contribution in [3.8, 4) is 0 Å². The monoisotopic (exact) mass is 236 g/mol. The van der Waals surface area contributed by atoms with E-state index in [9.17, 15) is 0 Å². The van der Waals surface area contributed by atoms with Crippen LogP contribution in [0.2, 0.25) is 0 Å². The number of aromatic amines is 1. The Bertz CT molecular complexity index is 347. The van der Waals surface area contributed by atoms with Gasteiger partial charge in [-0.25, -0.2) is 0 Å². The number of hydrogen-bond acceptors (Lipinski definition) is 3. The number of H-pyrrole nitrogens is 1. The molecule has 1 aromatic heterocycles. The fraction of sp³-hybridized carbons (Fsp3) is 0.769. The average Bonchev–Trinajstić information content (AvgIpc) is 2.97. The molecule has 96 valence electrons. The van der Waals surface area contributed by atoms with Gasteiger partial charge in [-0.2, -0.15) is 5.10 Å². The Balaban J connectivity index is 1.61. The van der Waals surface area contributed by atoms with Gasteiger partial charge in [-0.15, -0.1) is 0 Å². The molecule has 0 atom stereocenters. The smallest absolute Gasteiger partial charge is 0.0656 e. The van der Waals surface area contributed by atoms with E-state index in [4.69, 9.17) is 0 Å². The van der Waals surface area contributed by atoms with Gasteiger partial charge in [0.25, 0.3) is 0 Å². The predicted octanol–water partition coefficient (Wildman–Crippen LogP) is 1.76. The van der Waals surface area contributed by atoms with E-state index >= 15 is 0 Å². The van der Waals surface area contributed by atoms with Gasteiger partial charge in [0, 0.05) is 36.8 Å². The standard InChI is InChI=1S/C13H24N4/c1-13(2,3)15-7-6-14-9-11-8-12(17-16-11)10-4-5-10/h8,10,14-15H,4-7,9H2,1-3H3,(H,16,17). The van der Waals surface area contributed by atoms with Gasteiger partial charge in [0.15, 0.2) is 0 Å². The third-order valence-corrected chi connectivity index (χ3v) is 2.92. The molecule has 4 nitrogen and oxygen atoms in total. The molecule has 1 aromatic rings. The van der Waals surface area contributed by atoms with E-state index in [0.29, 0.717) is 0 Å². The van der Waals surface area contributed by atoms with Crippen LogP contribution in [0.25, 0.3) is 0 Å². The van der Waals surface area contributed by atoms with Crippen LogP contribution in [0, 0.1) is 0 Å². The molecular formula is C13H24N4. The van der Waals surface area contributed by atoms with Gasteiger partial charge in [-0.05, 0) is 39.7 Å². The summed E-state index contributed by atoms with van der Waals surface area (Å²) in [6.07, 6.45) is 2.63. The number of rotatable bonds is 6. The Hall–Kier alpha value is -0.870. The lowest BCUT2D eigenvalue weighted by Crippen LogP contribution is -2.40. The maximum atomic E-state index is 4.34. The van der Waals surface area contributed by atoms with Crippen molar-refractivity contribution in [2.24, 2.45) is 0 Å². The Morgan fingerprint density at radius 3 is 2.76 bits per heavy atom. The molecule has 1 fully saturated rings.